The van der Waals surface area contributed by atoms with Crippen LogP contribution < -0.4 is 5.32 Å². The molecule has 0 saturated heterocycles. The fourth-order valence-corrected chi connectivity index (χ4v) is 3.43. The number of para-hydroxylation sites is 2. The zero-order valence-corrected chi connectivity index (χ0v) is 14.2. The van der Waals surface area contributed by atoms with Gasteiger partial charge in [0.15, 0.2) is 0 Å². The lowest BCUT2D eigenvalue weighted by Gasteiger charge is -2.11. The first-order valence-corrected chi connectivity index (χ1v) is 8.73. The Bertz CT molecular complexity index is 1230. The molecule has 4 aromatic rings. The number of hydrogen-bond acceptors (Lipinski definition) is 3. The van der Waals surface area contributed by atoms with Gasteiger partial charge in [-0.05, 0) is 49.7 Å². The molecule has 0 radical (unpaired) electrons. The third kappa shape index (κ3) is 2.87. The topological polar surface area (TPSA) is 70.9 Å². The van der Waals surface area contributed by atoms with Crippen molar-refractivity contribution in [3.63, 3.8) is 0 Å². The normalized spacial score (nSPS) is 22.2. The van der Waals surface area contributed by atoms with E-state index in [1.54, 1.807) is 0 Å². The van der Waals surface area contributed by atoms with E-state index in [4.69, 9.17) is 8.53 Å². The van der Waals surface area contributed by atoms with E-state index in [2.05, 4.69) is 15.3 Å². The Hall–Kier alpha value is -3.15. The van der Waals surface area contributed by atoms with E-state index in [1.165, 1.54) is 24.3 Å². The molecule has 27 heavy (non-hydrogen) atoms. The van der Waals surface area contributed by atoms with Crippen molar-refractivity contribution < 1.29 is 17.7 Å². The molecule has 0 aliphatic heterocycles. The molecule has 2 N–H and O–H groups in total. The highest BCUT2D eigenvalue weighted by atomic mass is 19.1. The van der Waals surface area contributed by atoms with Crippen molar-refractivity contribution in [2.75, 3.05) is 0 Å². The lowest BCUT2D eigenvalue weighted by atomic mass is 10.2. The van der Waals surface area contributed by atoms with Crippen LogP contribution in [0.2, 0.25) is 0 Å². The summed E-state index contributed by atoms with van der Waals surface area (Å²) in [6.07, 6.45) is 0.588. The third-order valence-electron chi connectivity index (χ3n) is 4.95. The van der Waals surface area contributed by atoms with Crippen molar-refractivity contribution in [3.8, 4) is 0 Å². The van der Waals surface area contributed by atoms with Gasteiger partial charge in [0.1, 0.15) is 23.0 Å². The molecule has 5 rings (SSSR count). The Morgan fingerprint density at radius 2 is 2.26 bits per heavy atom. The maximum atomic E-state index is 13.5. The third-order valence-corrected chi connectivity index (χ3v) is 4.95. The fourth-order valence-electron chi connectivity index (χ4n) is 3.43. The number of fused-ring (bicyclic) bond motifs is 2. The van der Waals surface area contributed by atoms with Gasteiger partial charge in [0.05, 0.1) is 17.1 Å². The van der Waals surface area contributed by atoms with Crippen LogP contribution in [0.3, 0.4) is 0 Å². The average Bonchev–Trinajstić information content (AvgIpc) is 3.20. The summed E-state index contributed by atoms with van der Waals surface area (Å²) in [6.45, 7) is -2.52. The summed E-state index contributed by atoms with van der Waals surface area (Å²) in [5, 5.41) is 3.06. The first-order chi connectivity index (χ1) is 14.3. The lowest BCUT2D eigenvalue weighted by Crippen LogP contribution is -2.28. The van der Waals surface area contributed by atoms with E-state index in [9.17, 15) is 9.18 Å². The van der Waals surface area contributed by atoms with Crippen molar-refractivity contribution in [1.82, 2.24) is 15.3 Å². The summed E-state index contributed by atoms with van der Waals surface area (Å²) in [4.78, 5) is 20.6. The van der Waals surface area contributed by atoms with Crippen LogP contribution in [0.5, 0.6) is 0 Å². The first-order valence-electron chi connectivity index (χ1n) is 10.2. The van der Waals surface area contributed by atoms with E-state index in [0.717, 1.165) is 16.9 Å². The monoisotopic (exact) mass is 366 g/mol. The van der Waals surface area contributed by atoms with Crippen LogP contribution in [0, 0.1) is 11.7 Å². The molecule has 5 nitrogen and oxygen atoms in total. The van der Waals surface area contributed by atoms with Crippen LogP contribution in [0.1, 0.15) is 40.9 Å². The Morgan fingerprint density at radius 3 is 3.11 bits per heavy atom. The summed E-state index contributed by atoms with van der Waals surface area (Å²) in [7, 11) is 0. The van der Waals surface area contributed by atoms with E-state index in [0.29, 0.717) is 17.4 Å². The summed E-state index contributed by atoms with van der Waals surface area (Å²) in [6, 6.07) is 11.7. The molecule has 0 spiro atoms. The van der Waals surface area contributed by atoms with Crippen molar-refractivity contribution in [1.29, 1.82) is 0 Å². The van der Waals surface area contributed by atoms with Gasteiger partial charge in [-0.2, -0.15) is 0 Å². The molecule has 1 amide bonds. The van der Waals surface area contributed by atoms with Gasteiger partial charge in [0, 0.05) is 21.3 Å². The molecule has 3 atom stereocenters. The van der Waals surface area contributed by atoms with Crippen molar-refractivity contribution in [2.24, 2.45) is 5.92 Å². The molecule has 1 aliphatic rings. The predicted octanol–water partition coefficient (Wildman–Crippen LogP) is 4.43. The molecular weight excluding hydrogens is 345 g/mol. The predicted molar refractivity (Wildman–Crippen MR) is 99.7 cm³/mol. The van der Waals surface area contributed by atoms with Gasteiger partial charge in [-0.1, -0.05) is 12.1 Å². The molecule has 6 heteroatoms. The zero-order valence-electron chi connectivity index (χ0n) is 17.2. The first kappa shape index (κ1) is 13.1. The molecule has 0 unspecified atom stereocenters. The van der Waals surface area contributed by atoms with E-state index in [-0.39, 0.29) is 23.5 Å². The van der Waals surface area contributed by atoms with Gasteiger partial charge in [0.2, 0.25) is 5.91 Å². The maximum absolute atomic E-state index is 13.5. The molecule has 136 valence electrons. The van der Waals surface area contributed by atoms with Crippen LogP contribution in [-0.4, -0.2) is 15.9 Å². The molecule has 1 saturated carbocycles. The Labute approximate surface area is 158 Å². The number of nitrogens with one attached hydrogen (secondary N) is 2. The second kappa shape index (κ2) is 5.94. The van der Waals surface area contributed by atoms with Gasteiger partial charge in [-0.3, -0.25) is 4.79 Å². The van der Waals surface area contributed by atoms with E-state index >= 15 is 0 Å². The number of benzene rings is 2. The number of furan rings is 1. The quantitative estimate of drug-likeness (QED) is 0.561. The maximum Gasteiger partial charge on any atom is 0.224 e. The molecule has 0 bridgehead atoms. The number of H-pyrrole nitrogens is 1. The van der Waals surface area contributed by atoms with Gasteiger partial charge in [-0.15, -0.1) is 0 Å². The number of aromatic nitrogens is 2. The molecule has 2 aromatic carbocycles. The van der Waals surface area contributed by atoms with Crippen molar-refractivity contribution >= 4 is 27.9 Å². The van der Waals surface area contributed by atoms with Gasteiger partial charge in [-0.25, -0.2) is 9.37 Å². The fraction of sp³-hybridized carbons (Fsp3) is 0.238. The SMILES string of the molecule is [2H]C([2H])([2H])[C@H](NC(=O)[C@H]1C[C@@H]1c1nc2ccccc2[nH]1)c1cc2cc(F)ccc2o1. The number of aromatic amines is 1. The molecule has 1 fully saturated rings. The van der Waals surface area contributed by atoms with Crippen LogP contribution in [0.4, 0.5) is 4.39 Å². The smallest absolute Gasteiger partial charge is 0.224 e. The number of amides is 1. The molecule has 1 aliphatic carbocycles. The van der Waals surface area contributed by atoms with Gasteiger partial charge < -0.3 is 14.7 Å². The summed E-state index contributed by atoms with van der Waals surface area (Å²) < 4.78 is 42.6. The highest BCUT2D eigenvalue weighted by Gasteiger charge is 2.46. The van der Waals surface area contributed by atoms with Crippen LogP contribution in [0.15, 0.2) is 52.9 Å². The average molecular weight is 366 g/mol. The summed E-state index contributed by atoms with van der Waals surface area (Å²) in [5.41, 5.74) is 2.09. The second-order valence-electron chi connectivity index (χ2n) is 6.86. The van der Waals surface area contributed by atoms with Gasteiger partial charge in [0.25, 0.3) is 0 Å². The zero-order chi connectivity index (χ0) is 21.0. The number of carbonyl (C=O) groups excluding carboxylic acids is 1. The van der Waals surface area contributed by atoms with Crippen LogP contribution >= 0.6 is 0 Å². The highest BCUT2D eigenvalue weighted by molar-refractivity contribution is 5.84. The number of rotatable bonds is 4. The summed E-state index contributed by atoms with van der Waals surface area (Å²) in [5.74, 6) is -0.466. The molecule has 2 heterocycles. The van der Waals surface area contributed by atoms with E-state index in [1.807, 2.05) is 24.3 Å². The van der Waals surface area contributed by atoms with Crippen LogP contribution in [-0.2, 0) is 4.79 Å². The lowest BCUT2D eigenvalue weighted by molar-refractivity contribution is -0.123. The summed E-state index contributed by atoms with van der Waals surface area (Å²) >= 11 is 0. The van der Waals surface area contributed by atoms with Crippen LogP contribution in [0.25, 0.3) is 22.0 Å². The van der Waals surface area contributed by atoms with Crippen molar-refractivity contribution in [3.05, 3.63) is 65.9 Å². The van der Waals surface area contributed by atoms with Gasteiger partial charge >= 0.3 is 0 Å². The minimum Gasteiger partial charge on any atom is -0.459 e. The number of carbonyl (C=O) groups is 1. The minimum absolute atomic E-state index is 0.0740. The standard InChI is InChI=1S/C21H18FN3O2/c1-11(19-9-12-8-13(22)6-7-18(12)27-19)23-21(26)15-10-14(15)20-24-16-4-2-3-5-17(16)25-20/h2-9,11,14-15H,10H2,1H3,(H,23,26)(H,24,25)/t11-,14-,15-/m0/s1/i1D3. The Balaban J connectivity index is 1.36. The van der Waals surface area contributed by atoms with Crippen molar-refractivity contribution in [2.45, 2.75) is 25.2 Å². The Morgan fingerprint density at radius 1 is 1.37 bits per heavy atom. The highest BCUT2D eigenvalue weighted by Crippen LogP contribution is 2.47. The Kier molecular flexibility index (Phi) is 2.88. The molecular formula is C21H18FN3O2. The number of nitrogens with zero attached hydrogens (tertiary/aromatic N) is 1. The second-order valence-corrected chi connectivity index (χ2v) is 6.86. The number of hydrogen-bond donors (Lipinski definition) is 2. The molecule has 2 aromatic heterocycles. The largest absolute Gasteiger partial charge is 0.459 e. The number of imidazole rings is 1. The minimum atomic E-state index is -2.52. The van der Waals surface area contributed by atoms with E-state index < -0.39 is 18.7 Å². The number of halogens is 1.